The van der Waals surface area contributed by atoms with Crippen LogP contribution in [-0.2, 0) is 6.54 Å². The third kappa shape index (κ3) is 2.20. The monoisotopic (exact) mass is 285 g/mol. The second-order valence-electron chi connectivity index (χ2n) is 4.70. The highest BCUT2D eigenvalue weighted by molar-refractivity contribution is 7.71. The van der Waals surface area contributed by atoms with E-state index >= 15 is 0 Å². The molecule has 1 aromatic carbocycles. The average Bonchev–Trinajstić information content (AvgIpc) is 2.76. The molecule has 0 bridgehead atoms. The second kappa shape index (κ2) is 5.09. The number of fused-ring (bicyclic) bond motifs is 1. The molecule has 2 heterocycles. The van der Waals surface area contributed by atoms with Crippen LogP contribution >= 0.6 is 12.2 Å². The molecule has 5 heteroatoms. The fraction of sp³-hybridized carbons (Fsp3) is 0.200. The summed E-state index contributed by atoms with van der Waals surface area (Å²) in [5.41, 5.74) is 4.44. The third-order valence-electron chi connectivity index (χ3n) is 3.45. The summed E-state index contributed by atoms with van der Waals surface area (Å²) in [7, 11) is 1.66. The minimum Gasteiger partial charge on any atom is -0.497 e. The first-order chi connectivity index (χ1) is 9.69. The Labute approximate surface area is 122 Å². The molecule has 4 nitrogen and oxygen atoms in total. The predicted molar refractivity (Wildman–Crippen MR) is 81.8 cm³/mol. The van der Waals surface area contributed by atoms with E-state index in [9.17, 15) is 0 Å². The number of aryl methyl sites for hydroxylation is 1. The van der Waals surface area contributed by atoms with Crippen LogP contribution in [0.15, 0.2) is 36.7 Å². The van der Waals surface area contributed by atoms with Gasteiger partial charge in [0.05, 0.1) is 24.7 Å². The number of rotatable bonds is 3. The van der Waals surface area contributed by atoms with E-state index in [2.05, 4.69) is 21.5 Å². The number of methoxy groups -OCH3 is 1. The van der Waals surface area contributed by atoms with Crippen LogP contribution in [0.2, 0.25) is 0 Å². The fourth-order valence-corrected chi connectivity index (χ4v) is 2.55. The van der Waals surface area contributed by atoms with Gasteiger partial charge in [-0.3, -0.25) is 4.98 Å². The molecular weight excluding hydrogens is 270 g/mol. The molecule has 1 N–H and O–H groups in total. The van der Waals surface area contributed by atoms with Crippen molar-refractivity contribution in [2.75, 3.05) is 7.11 Å². The molecule has 102 valence electrons. The van der Waals surface area contributed by atoms with Gasteiger partial charge in [0, 0.05) is 18.5 Å². The number of aromatic nitrogens is 3. The number of pyridine rings is 1. The summed E-state index contributed by atoms with van der Waals surface area (Å²) in [5, 5.41) is 0. The number of aromatic amines is 1. The number of hydrogen-bond acceptors (Lipinski definition) is 3. The van der Waals surface area contributed by atoms with Gasteiger partial charge in [-0.2, -0.15) is 0 Å². The van der Waals surface area contributed by atoms with Crippen molar-refractivity contribution in [3.8, 4) is 5.75 Å². The molecule has 2 aromatic heterocycles. The molecule has 0 aliphatic carbocycles. The van der Waals surface area contributed by atoms with Gasteiger partial charge in [0.2, 0.25) is 0 Å². The maximum atomic E-state index is 5.43. The molecule has 0 saturated heterocycles. The Hall–Kier alpha value is -2.14. The molecule has 20 heavy (non-hydrogen) atoms. The first-order valence-corrected chi connectivity index (χ1v) is 6.76. The maximum Gasteiger partial charge on any atom is 0.178 e. The summed E-state index contributed by atoms with van der Waals surface area (Å²) in [6, 6.07) is 7.96. The van der Waals surface area contributed by atoms with Gasteiger partial charge in [0.1, 0.15) is 5.75 Å². The zero-order chi connectivity index (χ0) is 14.1. The van der Waals surface area contributed by atoms with Crippen LogP contribution in [-0.4, -0.2) is 21.6 Å². The summed E-state index contributed by atoms with van der Waals surface area (Å²) in [4.78, 5) is 7.35. The van der Waals surface area contributed by atoms with Crippen LogP contribution in [0.3, 0.4) is 0 Å². The molecule has 0 spiro atoms. The first-order valence-electron chi connectivity index (χ1n) is 6.35. The van der Waals surface area contributed by atoms with E-state index in [0.717, 1.165) is 28.9 Å². The highest BCUT2D eigenvalue weighted by atomic mass is 32.1. The smallest absolute Gasteiger partial charge is 0.178 e. The van der Waals surface area contributed by atoms with E-state index in [4.69, 9.17) is 17.0 Å². The van der Waals surface area contributed by atoms with Crippen molar-refractivity contribution in [3.63, 3.8) is 0 Å². The van der Waals surface area contributed by atoms with Crippen LogP contribution in [0.25, 0.3) is 11.0 Å². The molecule has 0 atom stereocenters. The van der Waals surface area contributed by atoms with Crippen LogP contribution in [0.4, 0.5) is 0 Å². The van der Waals surface area contributed by atoms with E-state index in [1.807, 2.05) is 36.7 Å². The van der Waals surface area contributed by atoms with Crippen LogP contribution in [0, 0.1) is 11.7 Å². The number of imidazole rings is 1. The zero-order valence-corrected chi connectivity index (χ0v) is 12.2. The number of ether oxygens (including phenoxy) is 1. The highest BCUT2D eigenvalue weighted by Gasteiger charge is 2.07. The Kier molecular flexibility index (Phi) is 3.28. The van der Waals surface area contributed by atoms with Gasteiger partial charge in [-0.05, 0) is 48.5 Å². The number of nitrogens with zero attached hydrogens (tertiary/aromatic N) is 2. The molecule has 0 aliphatic heterocycles. The van der Waals surface area contributed by atoms with Crippen molar-refractivity contribution in [2.45, 2.75) is 13.5 Å². The Morgan fingerprint density at radius 3 is 2.95 bits per heavy atom. The lowest BCUT2D eigenvalue weighted by Crippen LogP contribution is -2.01. The second-order valence-corrected chi connectivity index (χ2v) is 5.09. The minimum absolute atomic E-state index is 0.712. The number of benzene rings is 1. The summed E-state index contributed by atoms with van der Waals surface area (Å²) in [6.45, 7) is 2.79. The van der Waals surface area contributed by atoms with Crippen molar-refractivity contribution >= 4 is 23.3 Å². The van der Waals surface area contributed by atoms with Crippen LogP contribution in [0.1, 0.15) is 11.1 Å². The van der Waals surface area contributed by atoms with E-state index in [0.29, 0.717) is 4.77 Å². The Bertz CT molecular complexity index is 819. The lowest BCUT2D eigenvalue weighted by molar-refractivity contribution is 0.415. The molecule has 0 unspecified atom stereocenters. The molecular formula is C15H15N3OS. The Morgan fingerprint density at radius 1 is 1.35 bits per heavy atom. The Morgan fingerprint density at radius 2 is 2.20 bits per heavy atom. The van der Waals surface area contributed by atoms with Crippen molar-refractivity contribution in [1.82, 2.24) is 14.5 Å². The minimum atomic E-state index is 0.712. The Balaban J connectivity index is 2.10. The number of nitrogens with one attached hydrogen (secondary N) is 1. The van der Waals surface area contributed by atoms with Crippen molar-refractivity contribution < 1.29 is 4.74 Å². The lowest BCUT2D eigenvalue weighted by Gasteiger charge is -2.07. The van der Waals surface area contributed by atoms with E-state index in [1.165, 1.54) is 5.56 Å². The van der Waals surface area contributed by atoms with Gasteiger partial charge in [-0.15, -0.1) is 0 Å². The molecule has 0 saturated carbocycles. The molecule has 0 amide bonds. The summed E-state index contributed by atoms with van der Waals surface area (Å²) < 4.78 is 8.04. The van der Waals surface area contributed by atoms with Crippen molar-refractivity contribution in [2.24, 2.45) is 0 Å². The van der Waals surface area contributed by atoms with Crippen LogP contribution < -0.4 is 4.74 Å². The third-order valence-corrected chi connectivity index (χ3v) is 3.77. The summed E-state index contributed by atoms with van der Waals surface area (Å²) in [6.07, 6.45) is 3.68. The molecule has 0 fully saturated rings. The van der Waals surface area contributed by atoms with Gasteiger partial charge >= 0.3 is 0 Å². The maximum absolute atomic E-state index is 5.43. The fourth-order valence-electron chi connectivity index (χ4n) is 2.28. The SMILES string of the molecule is COc1ccc2c(c1)[nH]c(=S)n2Cc1ccncc1C. The van der Waals surface area contributed by atoms with Gasteiger partial charge in [0.15, 0.2) is 4.77 Å². The van der Waals surface area contributed by atoms with E-state index < -0.39 is 0 Å². The van der Waals surface area contributed by atoms with Gasteiger partial charge in [-0.1, -0.05) is 0 Å². The first kappa shape index (κ1) is 12.9. The summed E-state index contributed by atoms with van der Waals surface area (Å²) >= 11 is 5.43. The van der Waals surface area contributed by atoms with Crippen molar-refractivity contribution in [1.29, 1.82) is 0 Å². The molecule has 0 aliphatic rings. The standard InChI is InChI=1S/C15H15N3OS/c1-10-8-16-6-5-11(10)9-18-14-4-3-12(19-2)7-13(14)17-15(18)20/h3-8H,9H2,1-2H3,(H,17,20). The van der Waals surface area contributed by atoms with Gasteiger partial charge in [0.25, 0.3) is 0 Å². The zero-order valence-electron chi connectivity index (χ0n) is 11.4. The lowest BCUT2D eigenvalue weighted by atomic mass is 10.1. The van der Waals surface area contributed by atoms with Gasteiger partial charge < -0.3 is 14.3 Å². The quantitative estimate of drug-likeness (QED) is 0.749. The molecule has 0 radical (unpaired) electrons. The largest absolute Gasteiger partial charge is 0.497 e. The van der Waals surface area contributed by atoms with E-state index in [1.54, 1.807) is 7.11 Å². The predicted octanol–water partition coefficient (Wildman–Crippen LogP) is 3.46. The molecule has 3 rings (SSSR count). The average molecular weight is 285 g/mol. The highest BCUT2D eigenvalue weighted by Crippen LogP contribution is 2.21. The molecule has 3 aromatic rings. The van der Waals surface area contributed by atoms with Crippen molar-refractivity contribution in [3.05, 3.63) is 52.6 Å². The normalized spacial score (nSPS) is 10.9. The van der Waals surface area contributed by atoms with E-state index in [-0.39, 0.29) is 0 Å². The number of H-pyrrole nitrogens is 1. The number of hydrogen-bond donors (Lipinski definition) is 1. The summed E-state index contributed by atoms with van der Waals surface area (Å²) in [5.74, 6) is 0.820. The topological polar surface area (TPSA) is 42.8 Å². The van der Waals surface area contributed by atoms with Crippen LogP contribution in [0.5, 0.6) is 5.75 Å². The van der Waals surface area contributed by atoms with Gasteiger partial charge in [-0.25, -0.2) is 0 Å².